The minimum atomic E-state index is -0.450. The van der Waals surface area contributed by atoms with Crippen LogP contribution >= 0.6 is 11.6 Å². The molecule has 0 atom stereocenters. The molecule has 0 unspecified atom stereocenters. The van der Waals surface area contributed by atoms with Crippen LogP contribution in [0.4, 0.5) is 0 Å². The van der Waals surface area contributed by atoms with E-state index in [1.54, 1.807) is 0 Å². The molecule has 0 aliphatic rings. The number of H-pyrrole nitrogens is 1. The predicted molar refractivity (Wildman–Crippen MR) is 64.3 cm³/mol. The fraction of sp³-hybridized carbons (Fsp3) is 0.600. The second-order valence-electron chi connectivity index (χ2n) is 3.84. The molecule has 1 heterocycles. The minimum Gasteiger partial charge on any atom is -0.308 e. The van der Waals surface area contributed by atoms with Gasteiger partial charge in [-0.3, -0.25) is 14.3 Å². The average Bonchev–Trinajstić information content (AvgIpc) is 2.16. The van der Waals surface area contributed by atoms with Crippen LogP contribution in [0.1, 0.15) is 12.5 Å². The van der Waals surface area contributed by atoms with Crippen molar-refractivity contribution in [3.8, 4) is 0 Å². The summed E-state index contributed by atoms with van der Waals surface area (Å²) in [5.74, 6) is 0. The van der Waals surface area contributed by atoms with E-state index in [1.165, 1.54) is 4.57 Å². The van der Waals surface area contributed by atoms with Crippen molar-refractivity contribution in [2.75, 3.05) is 20.6 Å². The van der Waals surface area contributed by atoms with E-state index >= 15 is 0 Å². The molecule has 0 aliphatic heterocycles. The molecule has 0 saturated heterocycles. The van der Waals surface area contributed by atoms with E-state index in [4.69, 9.17) is 11.6 Å². The van der Waals surface area contributed by atoms with Crippen LogP contribution in [0.15, 0.2) is 9.59 Å². The zero-order chi connectivity index (χ0) is 12.3. The van der Waals surface area contributed by atoms with Crippen LogP contribution in [-0.2, 0) is 13.0 Å². The number of aromatic amines is 1. The number of hydrogen-bond donors (Lipinski definition) is 1. The second-order valence-corrected chi connectivity index (χ2v) is 4.21. The Labute approximate surface area is 98.7 Å². The third-order valence-corrected chi connectivity index (χ3v) is 2.68. The lowest BCUT2D eigenvalue weighted by Crippen LogP contribution is -2.39. The molecule has 0 amide bonds. The summed E-state index contributed by atoms with van der Waals surface area (Å²) in [7, 11) is 3.77. The van der Waals surface area contributed by atoms with Gasteiger partial charge in [0.15, 0.2) is 0 Å². The van der Waals surface area contributed by atoms with Crippen molar-refractivity contribution < 1.29 is 0 Å². The predicted octanol–water partition coefficient (Wildman–Crippen LogP) is 0.314. The first kappa shape index (κ1) is 13.0. The molecule has 0 aliphatic carbocycles. The standard InChI is InChI=1S/C10H16ClN3O2/c1-4-7-8(11)12-10(16)14(9(7)15)6-5-13(2)3/h4-6H2,1-3H3,(H,12,16). The zero-order valence-corrected chi connectivity index (χ0v) is 10.5. The van der Waals surface area contributed by atoms with Gasteiger partial charge in [0, 0.05) is 13.1 Å². The minimum absolute atomic E-state index is 0.151. The summed E-state index contributed by atoms with van der Waals surface area (Å²) in [4.78, 5) is 27.8. The fourth-order valence-electron chi connectivity index (χ4n) is 1.40. The van der Waals surface area contributed by atoms with Gasteiger partial charge in [-0.1, -0.05) is 18.5 Å². The van der Waals surface area contributed by atoms with Crippen LogP contribution in [0.5, 0.6) is 0 Å². The molecular weight excluding hydrogens is 230 g/mol. The number of likely N-dealkylation sites (N-methyl/N-ethyl adjacent to an activating group) is 1. The summed E-state index contributed by atoms with van der Waals surface area (Å²) in [6.45, 7) is 2.83. The van der Waals surface area contributed by atoms with Crippen LogP contribution in [0.2, 0.25) is 5.15 Å². The first-order valence-corrected chi connectivity index (χ1v) is 5.51. The molecule has 0 aromatic carbocycles. The summed E-state index contributed by atoms with van der Waals surface area (Å²) in [6, 6.07) is 0. The van der Waals surface area contributed by atoms with Gasteiger partial charge in [0.1, 0.15) is 5.15 Å². The summed E-state index contributed by atoms with van der Waals surface area (Å²) in [5, 5.41) is 0.151. The fourth-order valence-corrected chi connectivity index (χ4v) is 1.69. The lowest BCUT2D eigenvalue weighted by Gasteiger charge is -2.11. The smallest absolute Gasteiger partial charge is 0.308 e. The van der Waals surface area contributed by atoms with Crippen LogP contribution in [0.3, 0.4) is 0 Å². The Morgan fingerprint density at radius 2 is 2.00 bits per heavy atom. The Hall–Kier alpha value is -1.07. The van der Waals surface area contributed by atoms with Gasteiger partial charge in [-0.2, -0.15) is 0 Å². The maximum absolute atomic E-state index is 11.9. The van der Waals surface area contributed by atoms with Crippen molar-refractivity contribution >= 4 is 11.6 Å². The Bertz CT molecular complexity index is 476. The van der Waals surface area contributed by atoms with Gasteiger partial charge >= 0.3 is 5.69 Å². The second kappa shape index (κ2) is 5.32. The molecule has 6 heteroatoms. The van der Waals surface area contributed by atoms with Gasteiger partial charge in [0.05, 0.1) is 5.56 Å². The molecule has 90 valence electrons. The number of halogens is 1. The van der Waals surface area contributed by atoms with Gasteiger partial charge < -0.3 is 4.90 Å². The van der Waals surface area contributed by atoms with E-state index in [0.29, 0.717) is 25.1 Å². The summed E-state index contributed by atoms with van der Waals surface area (Å²) in [6.07, 6.45) is 0.510. The largest absolute Gasteiger partial charge is 0.329 e. The Morgan fingerprint density at radius 1 is 1.38 bits per heavy atom. The van der Waals surface area contributed by atoms with Crippen molar-refractivity contribution in [3.05, 3.63) is 31.6 Å². The van der Waals surface area contributed by atoms with Gasteiger partial charge in [-0.25, -0.2) is 4.79 Å². The highest BCUT2D eigenvalue weighted by atomic mass is 35.5. The molecule has 16 heavy (non-hydrogen) atoms. The van der Waals surface area contributed by atoms with Crippen molar-refractivity contribution in [1.29, 1.82) is 0 Å². The van der Waals surface area contributed by atoms with Gasteiger partial charge in [0.25, 0.3) is 5.56 Å². The molecule has 0 bridgehead atoms. The van der Waals surface area contributed by atoms with E-state index in [1.807, 2.05) is 25.9 Å². The highest BCUT2D eigenvalue weighted by Crippen LogP contribution is 2.05. The Kier molecular flexibility index (Phi) is 4.32. The molecule has 0 fully saturated rings. The number of nitrogens with zero attached hydrogens (tertiary/aromatic N) is 2. The highest BCUT2D eigenvalue weighted by Gasteiger charge is 2.10. The molecule has 0 radical (unpaired) electrons. The number of nitrogens with one attached hydrogen (secondary N) is 1. The van der Waals surface area contributed by atoms with Crippen LogP contribution in [0, 0.1) is 0 Å². The highest BCUT2D eigenvalue weighted by molar-refractivity contribution is 6.30. The summed E-state index contributed by atoms with van der Waals surface area (Å²) < 4.78 is 1.19. The summed E-state index contributed by atoms with van der Waals surface area (Å²) >= 11 is 5.79. The topological polar surface area (TPSA) is 58.1 Å². The quantitative estimate of drug-likeness (QED) is 0.777. The van der Waals surface area contributed by atoms with Crippen molar-refractivity contribution in [2.24, 2.45) is 0 Å². The van der Waals surface area contributed by atoms with Gasteiger partial charge in [-0.15, -0.1) is 0 Å². The van der Waals surface area contributed by atoms with Crippen LogP contribution < -0.4 is 11.2 Å². The SMILES string of the molecule is CCc1c(Cl)[nH]c(=O)n(CCN(C)C)c1=O. The van der Waals surface area contributed by atoms with Crippen LogP contribution in [-0.4, -0.2) is 35.1 Å². The lowest BCUT2D eigenvalue weighted by molar-refractivity contribution is 0.376. The number of aromatic nitrogens is 2. The van der Waals surface area contributed by atoms with Crippen molar-refractivity contribution in [1.82, 2.24) is 14.5 Å². The Morgan fingerprint density at radius 3 is 2.50 bits per heavy atom. The maximum atomic E-state index is 11.9. The third kappa shape index (κ3) is 2.74. The molecule has 1 N–H and O–H groups in total. The number of hydrogen-bond acceptors (Lipinski definition) is 3. The van der Waals surface area contributed by atoms with E-state index in [2.05, 4.69) is 4.98 Å². The van der Waals surface area contributed by atoms with E-state index in [-0.39, 0.29) is 10.7 Å². The van der Waals surface area contributed by atoms with Gasteiger partial charge in [0.2, 0.25) is 0 Å². The van der Waals surface area contributed by atoms with Gasteiger partial charge in [-0.05, 0) is 20.5 Å². The number of rotatable bonds is 4. The maximum Gasteiger partial charge on any atom is 0.329 e. The molecular formula is C10H16ClN3O2. The normalized spacial score (nSPS) is 11.1. The van der Waals surface area contributed by atoms with Crippen molar-refractivity contribution in [2.45, 2.75) is 19.9 Å². The molecule has 0 saturated carbocycles. The third-order valence-electron chi connectivity index (χ3n) is 2.35. The van der Waals surface area contributed by atoms with E-state index in [9.17, 15) is 9.59 Å². The molecule has 1 rings (SSSR count). The van der Waals surface area contributed by atoms with E-state index < -0.39 is 5.69 Å². The summed E-state index contributed by atoms with van der Waals surface area (Å²) in [5.41, 5.74) is -0.285. The Balaban J connectivity index is 3.19. The molecule has 1 aromatic heterocycles. The molecule has 0 spiro atoms. The first-order chi connectivity index (χ1) is 7.47. The van der Waals surface area contributed by atoms with E-state index in [0.717, 1.165) is 0 Å². The average molecular weight is 246 g/mol. The van der Waals surface area contributed by atoms with Crippen molar-refractivity contribution in [3.63, 3.8) is 0 Å². The molecule has 5 nitrogen and oxygen atoms in total. The first-order valence-electron chi connectivity index (χ1n) is 5.13. The lowest BCUT2D eigenvalue weighted by atomic mass is 10.2. The van der Waals surface area contributed by atoms with Crippen LogP contribution in [0.25, 0.3) is 0 Å². The monoisotopic (exact) mass is 245 g/mol. The zero-order valence-electron chi connectivity index (χ0n) is 9.71. The molecule has 1 aromatic rings.